The summed E-state index contributed by atoms with van der Waals surface area (Å²) in [5, 5.41) is 8.84. The highest BCUT2D eigenvalue weighted by Gasteiger charge is 2.17. The van der Waals surface area contributed by atoms with Crippen LogP contribution >= 0.6 is 0 Å². The van der Waals surface area contributed by atoms with Crippen molar-refractivity contribution in [3.63, 3.8) is 0 Å². The third kappa shape index (κ3) is 4.93. The summed E-state index contributed by atoms with van der Waals surface area (Å²) in [6.07, 6.45) is 1.65. The molecule has 0 aliphatic rings. The van der Waals surface area contributed by atoms with Gasteiger partial charge in [0.1, 0.15) is 23.6 Å². The SMILES string of the molecule is Cc1cc(C)nc(NS(=O)(=O)c2ccc(-n3cc(COc4cc(=O)oc5ccccc45)nn3)cc2)n1. The Morgan fingerprint density at radius 1 is 1.00 bits per heavy atom. The fourth-order valence-electron chi connectivity index (χ4n) is 3.57. The van der Waals surface area contributed by atoms with Crippen LogP contribution in [0.4, 0.5) is 5.95 Å². The van der Waals surface area contributed by atoms with E-state index >= 15 is 0 Å². The topological polar surface area (TPSA) is 142 Å². The number of aryl methyl sites for hydroxylation is 2. The number of anilines is 1. The van der Waals surface area contributed by atoms with Crippen LogP contribution in [0.3, 0.4) is 0 Å². The number of ether oxygens (including phenoxy) is 1. The van der Waals surface area contributed by atoms with Gasteiger partial charge in [-0.3, -0.25) is 0 Å². The summed E-state index contributed by atoms with van der Waals surface area (Å²) in [6, 6.07) is 16.2. The second-order valence-corrected chi connectivity index (χ2v) is 9.63. The average Bonchev–Trinajstić information content (AvgIpc) is 3.31. The third-order valence-corrected chi connectivity index (χ3v) is 6.49. The van der Waals surface area contributed by atoms with Crippen LogP contribution in [-0.2, 0) is 16.6 Å². The van der Waals surface area contributed by atoms with Gasteiger partial charge in [-0.15, -0.1) is 5.10 Å². The summed E-state index contributed by atoms with van der Waals surface area (Å²) < 4.78 is 40.3. The predicted molar refractivity (Wildman–Crippen MR) is 130 cm³/mol. The van der Waals surface area contributed by atoms with E-state index in [2.05, 4.69) is 25.0 Å². The number of hydrogen-bond donors (Lipinski definition) is 1. The zero-order chi connectivity index (χ0) is 25.3. The summed E-state index contributed by atoms with van der Waals surface area (Å²) in [6.45, 7) is 3.59. The molecule has 0 radical (unpaired) electrons. The first-order chi connectivity index (χ1) is 17.3. The molecular formula is C24H20N6O5S. The van der Waals surface area contributed by atoms with Crippen molar-refractivity contribution in [1.82, 2.24) is 25.0 Å². The van der Waals surface area contributed by atoms with Gasteiger partial charge in [-0.2, -0.15) is 0 Å². The molecule has 0 amide bonds. The Morgan fingerprint density at radius 2 is 1.72 bits per heavy atom. The summed E-state index contributed by atoms with van der Waals surface area (Å²) in [5.41, 5.74) is 2.34. The zero-order valence-corrected chi connectivity index (χ0v) is 20.1. The average molecular weight is 505 g/mol. The first kappa shape index (κ1) is 23.2. The molecule has 0 bridgehead atoms. The van der Waals surface area contributed by atoms with E-state index in [0.29, 0.717) is 39.5 Å². The monoisotopic (exact) mass is 504 g/mol. The van der Waals surface area contributed by atoms with Crippen LogP contribution in [0.5, 0.6) is 5.75 Å². The Morgan fingerprint density at radius 3 is 2.47 bits per heavy atom. The summed E-state index contributed by atoms with van der Waals surface area (Å²) in [7, 11) is -3.87. The van der Waals surface area contributed by atoms with Crippen LogP contribution in [0.1, 0.15) is 17.1 Å². The van der Waals surface area contributed by atoms with Gasteiger partial charge in [0.05, 0.1) is 28.2 Å². The van der Waals surface area contributed by atoms with E-state index in [-0.39, 0.29) is 17.5 Å². The number of nitrogens with zero attached hydrogens (tertiary/aromatic N) is 5. The van der Waals surface area contributed by atoms with Gasteiger partial charge in [0.25, 0.3) is 10.0 Å². The van der Waals surface area contributed by atoms with Gasteiger partial charge in [0.15, 0.2) is 0 Å². The number of rotatable bonds is 7. The van der Waals surface area contributed by atoms with E-state index in [9.17, 15) is 13.2 Å². The van der Waals surface area contributed by atoms with Crippen molar-refractivity contribution in [1.29, 1.82) is 0 Å². The van der Waals surface area contributed by atoms with Gasteiger partial charge in [0.2, 0.25) is 5.95 Å². The van der Waals surface area contributed by atoms with Gasteiger partial charge in [-0.25, -0.2) is 32.6 Å². The molecule has 0 fully saturated rings. The van der Waals surface area contributed by atoms with E-state index < -0.39 is 15.6 Å². The molecule has 36 heavy (non-hydrogen) atoms. The van der Waals surface area contributed by atoms with E-state index in [4.69, 9.17) is 9.15 Å². The molecule has 0 saturated heterocycles. The molecule has 0 aliphatic heterocycles. The highest BCUT2D eigenvalue weighted by Crippen LogP contribution is 2.24. The van der Waals surface area contributed by atoms with Crippen molar-refractivity contribution in [3.8, 4) is 11.4 Å². The standard InChI is InChI=1S/C24H20N6O5S/c1-15-11-16(2)26-24(25-15)28-36(32,33)19-9-7-18(8-10-19)30-13-17(27-29-30)14-34-22-12-23(31)35-21-6-4-3-5-20(21)22/h3-13H,14H2,1-2H3,(H,25,26,28). The van der Waals surface area contributed by atoms with Crippen LogP contribution in [0, 0.1) is 13.8 Å². The maximum Gasteiger partial charge on any atom is 0.339 e. The molecule has 0 atom stereocenters. The number of para-hydroxylation sites is 1. The van der Waals surface area contributed by atoms with Crippen molar-refractivity contribution >= 4 is 26.9 Å². The molecule has 182 valence electrons. The summed E-state index contributed by atoms with van der Waals surface area (Å²) in [5.74, 6) is 0.396. The molecule has 5 rings (SSSR count). The first-order valence-electron chi connectivity index (χ1n) is 10.8. The minimum Gasteiger partial charge on any atom is -0.486 e. The molecule has 3 aromatic heterocycles. The largest absolute Gasteiger partial charge is 0.486 e. The van der Waals surface area contributed by atoms with Crippen LogP contribution < -0.4 is 15.1 Å². The Kier molecular flexibility index (Phi) is 5.94. The van der Waals surface area contributed by atoms with Gasteiger partial charge in [0, 0.05) is 11.4 Å². The molecule has 1 N–H and O–H groups in total. The van der Waals surface area contributed by atoms with E-state index in [1.807, 2.05) is 6.07 Å². The first-order valence-corrected chi connectivity index (χ1v) is 12.3. The number of hydrogen-bond acceptors (Lipinski definition) is 9. The van der Waals surface area contributed by atoms with Crippen LogP contribution in [-0.4, -0.2) is 33.4 Å². The van der Waals surface area contributed by atoms with Crippen molar-refractivity contribution in [2.45, 2.75) is 25.3 Å². The number of nitrogens with one attached hydrogen (secondary N) is 1. The highest BCUT2D eigenvalue weighted by atomic mass is 32.2. The van der Waals surface area contributed by atoms with Gasteiger partial charge in [-0.05, 0) is 56.3 Å². The third-order valence-electron chi connectivity index (χ3n) is 5.15. The maximum absolute atomic E-state index is 12.7. The molecule has 2 aromatic carbocycles. The maximum atomic E-state index is 12.7. The minimum absolute atomic E-state index is 0.0152. The summed E-state index contributed by atoms with van der Waals surface area (Å²) in [4.78, 5) is 20.1. The predicted octanol–water partition coefficient (Wildman–Crippen LogP) is 3.16. The second kappa shape index (κ2) is 9.23. The van der Waals surface area contributed by atoms with Crippen LogP contribution in [0.15, 0.2) is 81.0 Å². The van der Waals surface area contributed by atoms with E-state index in [1.165, 1.54) is 22.9 Å². The fraction of sp³-hybridized carbons (Fsp3) is 0.125. The second-order valence-electron chi connectivity index (χ2n) is 7.94. The number of aromatic nitrogens is 5. The number of sulfonamides is 1. The zero-order valence-electron chi connectivity index (χ0n) is 19.2. The smallest absolute Gasteiger partial charge is 0.339 e. The lowest BCUT2D eigenvalue weighted by molar-refractivity contribution is 0.302. The lowest BCUT2D eigenvalue weighted by Gasteiger charge is -2.08. The Labute approximate surface area is 205 Å². The van der Waals surface area contributed by atoms with Crippen molar-refractivity contribution < 1.29 is 17.6 Å². The van der Waals surface area contributed by atoms with Crippen molar-refractivity contribution in [2.75, 3.05) is 4.72 Å². The van der Waals surface area contributed by atoms with E-state index in [1.54, 1.807) is 56.4 Å². The molecule has 11 nitrogen and oxygen atoms in total. The number of fused-ring (bicyclic) bond motifs is 1. The molecule has 0 spiro atoms. The van der Waals surface area contributed by atoms with Crippen molar-refractivity contribution in [2.24, 2.45) is 0 Å². The van der Waals surface area contributed by atoms with Gasteiger partial charge in [-0.1, -0.05) is 17.3 Å². The Balaban J connectivity index is 1.30. The lowest BCUT2D eigenvalue weighted by atomic mass is 10.2. The molecule has 0 aliphatic carbocycles. The Bertz CT molecular complexity index is 1710. The van der Waals surface area contributed by atoms with Crippen LogP contribution in [0.25, 0.3) is 16.7 Å². The highest BCUT2D eigenvalue weighted by molar-refractivity contribution is 7.92. The van der Waals surface area contributed by atoms with Gasteiger partial charge < -0.3 is 9.15 Å². The molecular weight excluding hydrogens is 484 g/mol. The lowest BCUT2D eigenvalue weighted by Crippen LogP contribution is -2.15. The molecule has 5 aromatic rings. The fourth-order valence-corrected chi connectivity index (χ4v) is 4.52. The van der Waals surface area contributed by atoms with Gasteiger partial charge >= 0.3 is 5.63 Å². The molecule has 0 saturated carbocycles. The molecule has 3 heterocycles. The van der Waals surface area contributed by atoms with E-state index in [0.717, 1.165) is 0 Å². The van der Waals surface area contributed by atoms with Crippen LogP contribution in [0.2, 0.25) is 0 Å². The minimum atomic E-state index is -3.87. The number of benzene rings is 2. The summed E-state index contributed by atoms with van der Waals surface area (Å²) >= 11 is 0. The molecule has 12 heteroatoms. The molecule has 0 unspecified atom stereocenters. The van der Waals surface area contributed by atoms with Crippen molar-refractivity contribution in [3.05, 3.63) is 94.4 Å². The normalized spacial score (nSPS) is 11.5. The Hall–Kier alpha value is -4.58. The quantitative estimate of drug-likeness (QED) is 0.331.